The van der Waals surface area contributed by atoms with Gasteiger partial charge in [0.05, 0.1) is 0 Å². The van der Waals surface area contributed by atoms with Crippen molar-refractivity contribution < 1.29 is 23.4 Å². The summed E-state index contributed by atoms with van der Waals surface area (Å²) in [6.07, 6.45) is -1.83. The molecule has 0 spiro atoms. The van der Waals surface area contributed by atoms with Gasteiger partial charge in [-0.05, 0) is 19.4 Å². The highest BCUT2D eigenvalue weighted by molar-refractivity contribution is 5.84. The second-order valence-corrected chi connectivity index (χ2v) is 4.42. The molecule has 3 nitrogen and oxygen atoms in total. The van der Waals surface area contributed by atoms with E-state index >= 15 is 0 Å². The molecule has 1 N–H and O–H groups in total. The minimum absolute atomic E-state index is 0.292. The molecule has 1 saturated heterocycles. The predicted octanol–water partition coefficient (Wildman–Crippen LogP) is 1.76. The molecule has 5 heteroatoms. The van der Waals surface area contributed by atoms with Crippen LogP contribution in [-0.2, 0) is 15.1 Å². The van der Waals surface area contributed by atoms with Gasteiger partial charge in [-0.3, -0.25) is 0 Å². The zero-order valence-corrected chi connectivity index (χ0v) is 9.41. The van der Waals surface area contributed by atoms with E-state index in [1.54, 1.807) is 12.1 Å². The first-order valence-corrected chi connectivity index (χ1v) is 5.14. The summed E-state index contributed by atoms with van der Waals surface area (Å²) in [5.74, 6) is -5.22. The van der Waals surface area contributed by atoms with Crippen LogP contribution in [0.1, 0.15) is 18.1 Å². The minimum atomic E-state index is -3.63. The maximum Gasteiger partial charge on any atom is 0.381 e. The Balaban J connectivity index is 2.31. The smallest absolute Gasteiger partial charge is 0.381 e. The van der Waals surface area contributed by atoms with Crippen LogP contribution in [-0.4, -0.2) is 23.1 Å². The molecule has 17 heavy (non-hydrogen) atoms. The number of rotatable bonds is 2. The lowest BCUT2D eigenvalue weighted by Gasteiger charge is -2.43. The summed E-state index contributed by atoms with van der Waals surface area (Å²) >= 11 is 0. The van der Waals surface area contributed by atoms with Crippen molar-refractivity contribution in [2.45, 2.75) is 31.5 Å². The van der Waals surface area contributed by atoms with E-state index < -0.39 is 23.6 Å². The number of aryl methyl sites for hydroxylation is 1. The lowest BCUT2D eigenvalue weighted by Crippen LogP contribution is -2.64. The van der Waals surface area contributed by atoms with Gasteiger partial charge in [0.25, 0.3) is 0 Å². The average Bonchev–Trinajstić information content (AvgIpc) is 2.26. The Morgan fingerprint density at radius 2 is 1.88 bits per heavy atom. The van der Waals surface area contributed by atoms with Gasteiger partial charge in [0.1, 0.15) is 5.60 Å². The molecule has 0 aromatic heterocycles. The van der Waals surface area contributed by atoms with Crippen molar-refractivity contribution in [2.75, 3.05) is 0 Å². The van der Waals surface area contributed by atoms with Crippen molar-refractivity contribution in [3.8, 4) is 0 Å². The molecule has 0 bridgehead atoms. The van der Waals surface area contributed by atoms with E-state index in [0.29, 0.717) is 5.56 Å². The van der Waals surface area contributed by atoms with Crippen LogP contribution in [0.4, 0.5) is 8.78 Å². The van der Waals surface area contributed by atoms with Crippen molar-refractivity contribution >= 4 is 5.97 Å². The number of ether oxygens (including phenoxy) is 1. The number of hydrogen-bond donors (Lipinski definition) is 1. The molecule has 1 heterocycles. The molecule has 1 aromatic rings. The fourth-order valence-electron chi connectivity index (χ4n) is 1.82. The van der Waals surface area contributed by atoms with Gasteiger partial charge in [0.2, 0.25) is 6.10 Å². The van der Waals surface area contributed by atoms with Crippen LogP contribution in [0.2, 0.25) is 0 Å². The molecule has 2 unspecified atom stereocenters. The Morgan fingerprint density at radius 3 is 2.29 bits per heavy atom. The number of carbonyl (C=O) groups excluding carboxylic acids is 1. The fraction of sp³-hybridized carbons (Fsp3) is 0.417. The zero-order chi connectivity index (χ0) is 12.8. The van der Waals surface area contributed by atoms with Gasteiger partial charge in [0, 0.05) is 0 Å². The number of esters is 1. The summed E-state index contributed by atoms with van der Waals surface area (Å²) in [4.78, 5) is 10.6. The number of hydrogen-bond acceptors (Lipinski definition) is 3. The van der Waals surface area contributed by atoms with Crippen LogP contribution in [0.3, 0.4) is 0 Å². The third kappa shape index (κ3) is 1.70. The predicted molar refractivity (Wildman–Crippen MR) is 55.6 cm³/mol. The summed E-state index contributed by atoms with van der Waals surface area (Å²) in [5.41, 5.74) is -0.660. The summed E-state index contributed by atoms with van der Waals surface area (Å²) in [7, 11) is 0. The van der Waals surface area contributed by atoms with Crippen LogP contribution < -0.4 is 0 Å². The van der Waals surface area contributed by atoms with Crippen LogP contribution in [0.25, 0.3) is 0 Å². The highest BCUT2D eigenvalue weighted by Gasteiger charge is 2.67. The molecule has 1 fully saturated rings. The zero-order valence-electron chi connectivity index (χ0n) is 9.41. The van der Waals surface area contributed by atoms with E-state index in [0.717, 1.165) is 5.56 Å². The third-order valence-corrected chi connectivity index (χ3v) is 2.97. The number of benzene rings is 1. The second-order valence-electron chi connectivity index (χ2n) is 4.42. The maximum absolute atomic E-state index is 13.2. The molecule has 0 saturated carbocycles. The van der Waals surface area contributed by atoms with Gasteiger partial charge >= 0.3 is 11.9 Å². The first-order chi connectivity index (χ1) is 7.76. The molecule has 2 atom stereocenters. The Morgan fingerprint density at radius 1 is 1.35 bits per heavy atom. The summed E-state index contributed by atoms with van der Waals surface area (Å²) in [6, 6.07) is 6.47. The number of aliphatic hydroxyl groups is 1. The lowest BCUT2D eigenvalue weighted by atomic mass is 9.83. The average molecular weight is 242 g/mol. The maximum atomic E-state index is 13.2. The molecule has 1 aliphatic rings. The normalized spacial score (nSPS) is 25.7. The van der Waals surface area contributed by atoms with Gasteiger partial charge in [-0.15, -0.1) is 0 Å². The van der Waals surface area contributed by atoms with Crippen LogP contribution >= 0.6 is 0 Å². The van der Waals surface area contributed by atoms with E-state index in [2.05, 4.69) is 4.74 Å². The number of carbonyl (C=O) groups is 1. The van der Waals surface area contributed by atoms with Gasteiger partial charge in [-0.25, -0.2) is 4.79 Å². The van der Waals surface area contributed by atoms with E-state index in [-0.39, 0.29) is 0 Å². The van der Waals surface area contributed by atoms with Crippen molar-refractivity contribution in [2.24, 2.45) is 0 Å². The first kappa shape index (κ1) is 12.0. The van der Waals surface area contributed by atoms with E-state index in [1.807, 2.05) is 6.92 Å². The molecule has 0 amide bonds. The highest BCUT2D eigenvalue weighted by atomic mass is 19.3. The molecule has 0 aliphatic carbocycles. The quantitative estimate of drug-likeness (QED) is 0.804. The molecular formula is C12H12F2O3. The Labute approximate surface area is 97.0 Å². The molecular weight excluding hydrogens is 230 g/mol. The molecule has 0 radical (unpaired) electrons. The van der Waals surface area contributed by atoms with Gasteiger partial charge < -0.3 is 9.84 Å². The monoisotopic (exact) mass is 242 g/mol. The lowest BCUT2D eigenvalue weighted by molar-refractivity contribution is -0.280. The number of alkyl halides is 2. The SMILES string of the molecule is Cc1ccc(C(C)(O)C2OC(=O)C2(F)F)cc1. The summed E-state index contributed by atoms with van der Waals surface area (Å²) in [6.45, 7) is 3.05. The van der Waals surface area contributed by atoms with Crippen molar-refractivity contribution in [1.82, 2.24) is 0 Å². The topological polar surface area (TPSA) is 46.5 Å². The van der Waals surface area contributed by atoms with Gasteiger partial charge in [-0.2, -0.15) is 8.78 Å². The Bertz CT molecular complexity index is 451. The second kappa shape index (κ2) is 3.50. The van der Waals surface area contributed by atoms with Crippen molar-refractivity contribution in [1.29, 1.82) is 0 Å². The summed E-state index contributed by atoms with van der Waals surface area (Å²) in [5, 5.41) is 10.1. The van der Waals surface area contributed by atoms with Crippen molar-refractivity contribution in [3.63, 3.8) is 0 Å². The van der Waals surface area contributed by atoms with Crippen LogP contribution in [0, 0.1) is 6.92 Å². The van der Waals surface area contributed by atoms with E-state index in [1.165, 1.54) is 19.1 Å². The molecule has 2 rings (SSSR count). The highest BCUT2D eigenvalue weighted by Crippen LogP contribution is 2.43. The van der Waals surface area contributed by atoms with Crippen LogP contribution in [0.15, 0.2) is 24.3 Å². The van der Waals surface area contributed by atoms with E-state index in [4.69, 9.17) is 0 Å². The standard InChI is InChI=1S/C12H12F2O3/c1-7-3-5-8(6-4-7)11(2,16)9-12(13,14)10(15)17-9/h3-6,9,16H,1-2H3. The largest absolute Gasteiger partial charge is 0.447 e. The number of cyclic esters (lactones) is 1. The fourth-order valence-corrected chi connectivity index (χ4v) is 1.82. The Hall–Kier alpha value is -1.49. The summed E-state index contributed by atoms with van der Waals surface area (Å²) < 4.78 is 30.8. The Kier molecular flexibility index (Phi) is 2.47. The molecule has 1 aromatic carbocycles. The number of halogens is 2. The first-order valence-electron chi connectivity index (χ1n) is 5.14. The third-order valence-electron chi connectivity index (χ3n) is 2.97. The molecule has 1 aliphatic heterocycles. The van der Waals surface area contributed by atoms with Gasteiger partial charge in [-0.1, -0.05) is 29.8 Å². The van der Waals surface area contributed by atoms with Crippen LogP contribution in [0.5, 0.6) is 0 Å². The minimum Gasteiger partial charge on any atom is -0.447 e. The molecule has 92 valence electrons. The van der Waals surface area contributed by atoms with Gasteiger partial charge in [0.15, 0.2) is 0 Å². The van der Waals surface area contributed by atoms with E-state index in [9.17, 15) is 18.7 Å². The van der Waals surface area contributed by atoms with Crippen molar-refractivity contribution in [3.05, 3.63) is 35.4 Å².